The average Bonchev–Trinajstić information content (AvgIpc) is 3.51. The van der Waals surface area contributed by atoms with Crippen molar-refractivity contribution in [1.82, 2.24) is 15.3 Å². The van der Waals surface area contributed by atoms with Crippen LogP contribution in [0.5, 0.6) is 0 Å². The van der Waals surface area contributed by atoms with Crippen LogP contribution in [0.15, 0.2) is 54.9 Å². The Bertz CT molecular complexity index is 906. The van der Waals surface area contributed by atoms with Gasteiger partial charge in [0.05, 0.1) is 16.8 Å². The van der Waals surface area contributed by atoms with E-state index in [1.807, 2.05) is 42.5 Å². The van der Waals surface area contributed by atoms with Crippen LogP contribution in [0, 0.1) is 5.92 Å². The van der Waals surface area contributed by atoms with Gasteiger partial charge in [0.1, 0.15) is 0 Å². The molecule has 0 spiro atoms. The van der Waals surface area contributed by atoms with Crippen LogP contribution in [-0.2, 0) is 0 Å². The Labute approximate surface area is 146 Å². The van der Waals surface area contributed by atoms with E-state index in [0.717, 1.165) is 22.2 Å². The van der Waals surface area contributed by atoms with Gasteiger partial charge >= 0.3 is 0 Å². The van der Waals surface area contributed by atoms with Crippen molar-refractivity contribution in [2.24, 2.45) is 11.7 Å². The third-order valence-electron chi connectivity index (χ3n) is 4.66. The minimum Gasteiger partial charge on any atom is -0.350 e. The van der Waals surface area contributed by atoms with E-state index in [9.17, 15) is 4.79 Å². The number of fused-ring (bicyclic) bond motifs is 1. The SMILES string of the molecule is NC(CNC(=O)c1cc(-c2ccncc2)nc2ccccc12)C1CC1. The number of rotatable bonds is 5. The minimum atomic E-state index is -0.106. The molecule has 0 saturated heterocycles. The summed E-state index contributed by atoms with van der Waals surface area (Å²) < 4.78 is 0. The Balaban J connectivity index is 1.69. The molecule has 1 fully saturated rings. The van der Waals surface area contributed by atoms with Crippen molar-refractivity contribution >= 4 is 16.8 Å². The largest absolute Gasteiger partial charge is 0.350 e. The number of benzene rings is 1. The van der Waals surface area contributed by atoms with Crippen LogP contribution in [0.2, 0.25) is 0 Å². The first kappa shape index (κ1) is 15.7. The molecule has 0 aliphatic heterocycles. The zero-order valence-electron chi connectivity index (χ0n) is 13.9. The van der Waals surface area contributed by atoms with E-state index in [2.05, 4.69) is 15.3 Å². The van der Waals surface area contributed by atoms with Gasteiger partial charge in [-0.15, -0.1) is 0 Å². The van der Waals surface area contributed by atoms with E-state index in [1.54, 1.807) is 12.4 Å². The third kappa shape index (κ3) is 3.37. The summed E-state index contributed by atoms with van der Waals surface area (Å²) in [5.74, 6) is 0.451. The van der Waals surface area contributed by atoms with Gasteiger partial charge in [-0.3, -0.25) is 9.78 Å². The second-order valence-corrected chi connectivity index (χ2v) is 6.52. The van der Waals surface area contributed by atoms with Gasteiger partial charge in [-0.25, -0.2) is 4.98 Å². The number of aromatic nitrogens is 2. The van der Waals surface area contributed by atoms with Crippen LogP contribution in [0.4, 0.5) is 0 Å². The second-order valence-electron chi connectivity index (χ2n) is 6.52. The molecule has 1 saturated carbocycles. The number of carbonyl (C=O) groups excluding carboxylic acids is 1. The van der Waals surface area contributed by atoms with Crippen LogP contribution in [0.3, 0.4) is 0 Å². The lowest BCUT2D eigenvalue weighted by Gasteiger charge is -2.13. The topological polar surface area (TPSA) is 80.9 Å². The summed E-state index contributed by atoms with van der Waals surface area (Å²) in [6.45, 7) is 0.505. The maximum absolute atomic E-state index is 12.8. The van der Waals surface area contributed by atoms with Gasteiger partial charge in [-0.2, -0.15) is 0 Å². The fraction of sp³-hybridized carbons (Fsp3) is 0.250. The van der Waals surface area contributed by atoms with Crippen molar-refractivity contribution in [3.05, 3.63) is 60.4 Å². The van der Waals surface area contributed by atoms with Gasteiger partial charge in [0.2, 0.25) is 0 Å². The zero-order chi connectivity index (χ0) is 17.2. The Morgan fingerprint density at radius 1 is 1.20 bits per heavy atom. The first-order valence-electron chi connectivity index (χ1n) is 8.56. The van der Waals surface area contributed by atoms with Gasteiger partial charge < -0.3 is 11.1 Å². The molecule has 0 radical (unpaired) electrons. The highest BCUT2D eigenvalue weighted by Crippen LogP contribution is 2.31. The molecule has 1 atom stereocenters. The van der Waals surface area contributed by atoms with Gasteiger partial charge in [-0.05, 0) is 43.0 Å². The smallest absolute Gasteiger partial charge is 0.252 e. The highest BCUT2D eigenvalue weighted by Gasteiger charge is 2.28. The predicted molar refractivity (Wildman–Crippen MR) is 98.0 cm³/mol. The zero-order valence-corrected chi connectivity index (χ0v) is 13.9. The first-order chi connectivity index (χ1) is 12.2. The van der Waals surface area contributed by atoms with Crippen molar-refractivity contribution in [3.8, 4) is 11.3 Å². The summed E-state index contributed by atoms with van der Waals surface area (Å²) in [4.78, 5) is 21.5. The molecule has 1 amide bonds. The maximum Gasteiger partial charge on any atom is 0.252 e. The lowest BCUT2D eigenvalue weighted by molar-refractivity contribution is 0.0952. The van der Waals surface area contributed by atoms with E-state index in [-0.39, 0.29) is 11.9 Å². The molecule has 126 valence electrons. The molecule has 3 aromatic rings. The van der Waals surface area contributed by atoms with E-state index in [1.165, 1.54) is 12.8 Å². The molecule has 5 heteroatoms. The van der Waals surface area contributed by atoms with Crippen molar-refractivity contribution in [3.63, 3.8) is 0 Å². The van der Waals surface area contributed by atoms with Crippen LogP contribution in [0.25, 0.3) is 22.2 Å². The number of carbonyl (C=O) groups is 1. The average molecular weight is 332 g/mol. The van der Waals surface area contributed by atoms with Gasteiger partial charge in [0.25, 0.3) is 5.91 Å². The summed E-state index contributed by atoms with van der Waals surface area (Å²) in [5, 5.41) is 3.83. The molecular formula is C20H20N4O. The Morgan fingerprint density at radius 2 is 1.96 bits per heavy atom. The number of hydrogen-bond acceptors (Lipinski definition) is 4. The molecule has 4 rings (SSSR count). The minimum absolute atomic E-state index is 0.0386. The molecule has 3 N–H and O–H groups in total. The Kier molecular flexibility index (Phi) is 4.15. The fourth-order valence-electron chi connectivity index (χ4n) is 3.03. The number of nitrogens with one attached hydrogen (secondary N) is 1. The van der Waals surface area contributed by atoms with Crippen LogP contribution >= 0.6 is 0 Å². The molecule has 0 bridgehead atoms. The number of nitrogens with two attached hydrogens (primary N) is 1. The van der Waals surface area contributed by atoms with E-state index in [0.29, 0.717) is 18.0 Å². The first-order valence-corrected chi connectivity index (χ1v) is 8.56. The van der Waals surface area contributed by atoms with E-state index >= 15 is 0 Å². The van der Waals surface area contributed by atoms with Gasteiger partial charge in [0, 0.05) is 35.9 Å². The molecule has 1 aromatic carbocycles. The Hall–Kier alpha value is -2.79. The van der Waals surface area contributed by atoms with Crippen molar-refractivity contribution in [1.29, 1.82) is 0 Å². The third-order valence-corrected chi connectivity index (χ3v) is 4.66. The molecule has 1 unspecified atom stereocenters. The summed E-state index contributed by atoms with van der Waals surface area (Å²) in [7, 11) is 0. The summed E-state index contributed by atoms with van der Waals surface area (Å²) in [5.41, 5.74) is 9.23. The number of amides is 1. The molecule has 1 aliphatic rings. The van der Waals surface area contributed by atoms with E-state index < -0.39 is 0 Å². The molecule has 25 heavy (non-hydrogen) atoms. The highest BCUT2D eigenvalue weighted by atomic mass is 16.1. The Morgan fingerprint density at radius 3 is 2.72 bits per heavy atom. The molecule has 2 heterocycles. The van der Waals surface area contributed by atoms with Crippen LogP contribution < -0.4 is 11.1 Å². The van der Waals surface area contributed by atoms with Gasteiger partial charge in [0.15, 0.2) is 0 Å². The monoisotopic (exact) mass is 332 g/mol. The summed E-state index contributed by atoms with van der Waals surface area (Å²) >= 11 is 0. The van der Waals surface area contributed by atoms with Gasteiger partial charge in [-0.1, -0.05) is 18.2 Å². The highest BCUT2D eigenvalue weighted by molar-refractivity contribution is 6.07. The van der Waals surface area contributed by atoms with E-state index in [4.69, 9.17) is 5.73 Å². The van der Waals surface area contributed by atoms with Crippen molar-refractivity contribution in [2.75, 3.05) is 6.54 Å². The maximum atomic E-state index is 12.8. The van der Waals surface area contributed by atoms with Crippen LogP contribution in [0.1, 0.15) is 23.2 Å². The van der Waals surface area contributed by atoms with Crippen molar-refractivity contribution < 1.29 is 4.79 Å². The fourth-order valence-corrected chi connectivity index (χ4v) is 3.03. The summed E-state index contributed by atoms with van der Waals surface area (Å²) in [6.07, 6.45) is 5.78. The lowest BCUT2D eigenvalue weighted by Crippen LogP contribution is -2.38. The number of nitrogens with zero attached hydrogens (tertiary/aromatic N) is 2. The second kappa shape index (κ2) is 6.61. The number of para-hydroxylation sites is 1. The quantitative estimate of drug-likeness (QED) is 0.753. The molecule has 5 nitrogen and oxygen atoms in total. The lowest BCUT2D eigenvalue weighted by atomic mass is 10.0. The standard InChI is InChI=1S/C20H20N4O/c21-17(13-5-6-13)12-23-20(25)16-11-19(14-7-9-22-10-8-14)24-18-4-2-1-3-15(16)18/h1-4,7-11,13,17H,5-6,12,21H2,(H,23,25). The predicted octanol–water partition coefficient (Wildman–Crippen LogP) is 2.76. The number of hydrogen-bond donors (Lipinski definition) is 2. The van der Waals surface area contributed by atoms with Crippen molar-refractivity contribution in [2.45, 2.75) is 18.9 Å². The normalized spacial score (nSPS) is 15.1. The number of pyridine rings is 2. The molecule has 1 aliphatic carbocycles. The molecular weight excluding hydrogens is 312 g/mol. The van der Waals surface area contributed by atoms with Crippen LogP contribution in [-0.4, -0.2) is 28.5 Å². The molecule has 2 aromatic heterocycles. The summed E-state index contributed by atoms with van der Waals surface area (Å²) in [6, 6.07) is 13.4.